The van der Waals surface area contributed by atoms with Crippen LogP contribution in [0.25, 0.3) is 0 Å². The first-order valence-corrected chi connectivity index (χ1v) is 6.52. The van der Waals surface area contributed by atoms with Crippen LogP contribution >= 0.6 is 0 Å². The van der Waals surface area contributed by atoms with Crippen molar-refractivity contribution in [1.82, 2.24) is 0 Å². The maximum Gasteiger partial charge on any atom is 0.338 e. The molecule has 0 radical (unpaired) electrons. The summed E-state index contributed by atoms with van der Waals surface area (Å²) in [4.78, 5) is 12.0. The molecule has 1 aromatic rings. The zero-order chi connectivity index (χ0) is 14.3. The van der Waals surface area contributed by atoms with Crippen LogP contribution in [-0.2, 0) is 9.47 Å². The molecule has 1 aliphatic carbocycles. The third-order valence-corrected chi connectivity index (χ3v) is 4.06. The largest absolute Gasteiger partial charge is 0.456 e. The monoisotopic (exact) mass is 280 g/mol. The summed E-state index contributed by atoms with van der Waals surface area (Å²) in [7, 11) is 0. The quantitative estimate of drug-likeness (QED) is 0.650. The molecule has 2 unspecified atom stereocenters. The Hall–Kier alpha value is -1.47. The van der Waals surface area contributed by atoms with E-state index in [-0.39, 0.29) is 0 Å². The molecule has 1 spiro atoms. The molecule has 3 N–H and O–H groups in total. The molecule has 6 nitrogen and oxygen atoms in total. The van der Waals surface area contributed by atoms with Crippen molar-refractivity contribution in [3.05, 3.63) is 35.9 Å². The average Bonchev–Trinajstić information content (AvgIpc) is 2.70. The second-order valence-corrected chi connectivity index (χ2v) is 5.20. The van der Waals surface area contributed by atoms with E-state index in [9.17, 15) is 20.1 Å². The Balaban J connectivity index is 1.72. The number of carbonyl (C=O) groups is 1. The second kappa shape index (κ2) is 4.82. The van der Waals surface area contributed by atoms with E-state index in [1.807, 2.05) is 0 Å². The molecular weight excluding hydrogens is 264 g/mol. The molecule has 5 atom stereocenters. The van der Waals surface area contributed by atoms with E-state index in [1.54, 1.807) is 30.3 Å². The van der Waals surface area contributed by atoms with Crippen molar-refractivity contribution in [2.75, 3.05) is 0 Å². The number of ether oxygens (including phenoxy) is 2. The summed E-state index contributed by atoms with van der Waals surface area (Å²) in [6.07, 6.45) is -3.82. The van der Waals surface area contributed by atoms with Crippen molar-refractivity contribution in [2.24, 2.45) is 0 Å². The molecule has 20 heavy (non-hydrogen) atoms. The first kappa shape index (κ1) is 13.5. The van der Waals surface area contributed by atoms with Crippen LogP contribution in [0.2, 0.25) is 0 Å². The molecule has 1 heterocycles. The summed E-state index contributed by atoms with van der Waals surface area (Å²) in [6.45, 7) is 0. The van der Waals surface area contributed by atoms with E-state index in [0.717, 1.165) is 0 Å². The lowest BCUT2D eigenvalue weighted by Crippen LogP contribution is -2.61. The van der Waals surface area contributed by atoms with Crippen LogP contribution in [0, 0.1) is 0 Å². The van der Waals surface area contributed by atoms with Gasteiger partial charge in [-0.25, -0.2) is 4.79 Å². The summed E-state index contributed by atoms with van der Waals surface area (Å²) in [5, 5.41) is 29.0. The Labute approximate surface area is 115 Å². The van der Waals surface area contributed by atoms with Gasteiger partial charge in [0.2, 0.25) is 0 Å². The number of carbonyl (C=O) groups excluding carboxylic acids is 1. The molecule has 3 rings (SSSR count). The van der Waals surface area contributed by atoms with Crippen LogP contribution < -0.4 is 0 Å². The Morgan fingerprint density at radius 1 is 1.25 bits per heavy atom. The van der Waals surface area contributed by atoms with Gasteiger partial charge in [-0.1, -0.05) is 18.2 Å². The molecule has 0 aromatic heterocycles. The highest BCUT2D eigenvalue weighted by Gasteiger charge is 2.64. The second-order valence-electron chi connectivity index (χ2n) is 5.20. The van der Waals surface area contributed by atoms with Gasteiger partial charge in [0.1, 0.15) is 23.9 Å². The molecular formula is C14H16O6. The lowest BCUT2D eigenvalue weighted by molar-refractivity contribution is -0.235. The zero-order valence-corrected chi connectivity index (χ0v) is 10.7. The fourth-order valence-electron chi connectivity index (χ4n) is 2.76. The first-order chi connectivity index (χ1) is 9.54. The molecule has 1 saturated carbocycles. The van der Waals surface area contributed by atoms with E-state index in [2.05, 4.69) is 0 Å². The lowest BCUT2D eigenvalue weighted by atomic mass is 9.72. The van der Waals surface area contributed by atoms with Crippen molar-refractivity contribution in [2.45, 2.75) is 43.0 Å². The van der Waals surface area contributed by atoms with Gasteiger partial charge >= 0.3 is 5.97 Å². The minimum absolute atomic E-state index is 0.406. The van der Waals surface area contributed by atoms with E-state index < -0.39 is 36.2 Å². The van der Waals surface area contributed by atoms with Gasteiger partial charge in [-0.2, -0.15) is 0 Å². The summed E-state index contributed by atoms with van der Waals surface area (Å²) in [6, 6.07) is 8.49. The summed E-state index contributed by atoms with van der Waals surface area (Å²) >= 11 is 0. The van der Waals surface area contributed by atoms with Crippen LogP contribution in [0.1, 0.15) is 23.2 Å². The SMILES string of the molecule is O=C(O[C@H]1CC[C@]12OC(O)[C@@H](O)C2O)c1ccccc1. The first-order valence-electron chi connectivity index (χ1n) is 6.52. The Bertz CT molecular complexity index is 504. The molecule has 0 amide bonds. The average molecular weight is 280 g/mol. The minimum Gasteiger partial charge on any atom is -0.456 e. The predicted molar refractivity (Wildman–Crippen MR) is 66.7 cm³/mol. The van der Waals surface area contributed by atoms with Gasteiger partial charge in [0.05, 0.1) is 5.56 Å². The molecule has 2 fully saturated rings. The summed E-state index contributed by atoms with van der Waals surface area (Å²) in [5.41, 5.74) is -0.786. The Morgan fingerprint density at radius 3 is 2.45 bits per heavy atom. The number of hydrogen-bond donors (Lipinski definition) is 3. The van der Waals surface area contributed by atoms with E-state index >= 15 is 0 Å². The Kier molecular flexibility index (Phi) is 3.25. The third-order valence-electron chi connectivity index (χ3n) is 4.06. The van der Waals surface area contributed by atoms with E-state index in [0.29, 0.717) is 18.4 Å². The Morgan fingerprint density at radius 2 is 1.95 bits per heavy atom. The maximum absolute atomic E-state index is 12.0. The normalized spacial score (nSPS) is 39.5. The van der Waals surface area contributed by atoms with Crippen molar-refractivity contribution in [3.63, 3.8) is 0 Å². The number of aliphatic hydroxyl groups excluding tert-OH is 3. The number of aliphatic hydroxyl groups is 3. The number of hydrogen-bond acceptors (Lipinski definition) is 6. The lowest BCUT2D eigenvalue weighted by Gasteiger charge is -2.46. The van der Waals surface area contributed by atoms with E-state index in [4.69, 9.17) is 9.47 Å². The highest BCUT2D eigenvalue weighted by molar-refractivity contribution is 5.89. The molecule has 1 aromatic carbocycles. The van der Waals surface area contributed by atoms with Gasteiger partial charge in [0, 0.05) is 0 Å². The molecule has 2 aliphatic rings. The van der Waals surface area contributed by atoms with Gasteiger partial charge < -0.3 is 24.8 Å². The van der Waals surface area contributed by atoms with Gasteiger partial charge in [-0.15, -0.1) is 0 Å². The van der Waals surface area contributed by atoms with Gasteiger partial charge in [-0.05, 0) is 25.0 Å². The van der Waals surface area contributed by atoms with Crippen LogP contribution in [0.15, 0.2) is 30.3 Å². The summed E-state index contributed by atoms with van der Waals surface area (Å²) < 4.78 is 10.6. The number of esters is 1. The van der Waals surface area contributed by atoms with Crippen LogP contribution in [0.4, 0.5) is 0 Å². The smallest absolute Gasteiger partial charge is 0.338 e. The maximum atomic E-state index is 12.0. The highest BCUT2D eigenvalue weighted by Crippen LogP contribution is 2.47. The topological polar surface area (TPSA) is 96.2 Å². The van der Waals surface area contributed by atoms with E-state index in [1.165, 1.54) is 0 Å². The molecule has 1 aliphatic heterocycles. The fraction of sp³-hybridized carbons (Fsp3) is 0.500. The van der Waals surface area contributed by atoms with Crippen molar-refractivity contribution < 1.29 is 29.6 Å². The van der Waals surface area contributed by atoms with Crippen molar-refractivity contribution >= 4 is 5.97 Å². The third kappa shape index (κ3) is 1.92. The van der Waals surface area contributed by atoms with Crippen LogP contribution in [-0.4, -0.2) is 51.5 Å². The minimum atomic E-state index is -1.46. The molecule has 0 bridgehead atoms. The predicted octanol–water partition coefficient (Wildman–Crippen LogP) is -0.185. The molecule has 6 heteroatoms. The van der Waals surface area contributed by atoms with Gasteiger partial charge in [0.15, 0.2) is 6.29 Å². The highest BCUT2D eigenvalue weighted by atomic mass is 16.7. The number of benzene rings is 1. The molecule has 108 valence electrons. The van der Waals surface area contributed by atoms with Gasteiger partial charge in [0.25, 0.3) is 0 Å². The van der Waals surface area contributed by atoms with Crippen LogP contribution in [0.5, 0.6) is 0 Å². The molecule has 1 saturated heterocycles. The van der Waals surface area contributed by atoms with Crippen molar-refractivity contribution in [1.29, 1.82) is 0 Å². The fourth-order valence-corrected chi connectivity index (χ4v) is 2.76. The van der Waals surface area contributed by atoms with Crippen molar-refractivity contribution in [3.8, 4) is 0 Å². The zero-order valence-electron chi connectivity index (χ0n) is 10.7. The summed E-state index contributed by atoms with van der Waals surface area (Å²) in [5.74, 6) is -0.513. The van der Waals surface area contributed by atoms with Gasteiger partial charge in [-0.3, -0.25) is 0 Å². The standard InChI is InChI=1S/C14H16O6/c15-10-11(16)14(20-13(10)18)7-6-9(14)19-12(17)8-4-2-1-3-5-8/h1-5,9-11,13,15-16,18H,6-7H2/t9-,10-,11?,13?,14-/m0/s1. The number of rotatable bonds is 2. The van der Waals surface area contributed by atoms with Crippen LogP contribution in [0.3, 0.4) is 0 Å².